The molecule has 128 valence electrons. The lowest BCUT2D eigenvalue weighted by Crippen LogP contribution is -2.15. The van der Waals surface area contributed by atoms with Crippen molar-refractivity contribution in [1.82, 2.24) is 19.5 Å². The first-order valence-corrected chi connectivity index (χ1v) is 8.76. The van der Waals surface area contributed by atoms with Gasteiger partial charge in [-0.05, 0) is 26.2 Å². The Morgan fingerprint density at radius 1 is 1.17 bits per heavy atom. The van der Waals surface area contributed by atoms with E-state index in [1.165, 1.54) is 32.1 Å². The molecule has 24 heavy (non-hydrogen) atoms. The summed E-state index contributed by atoms with van der Waals surface area (Å²) >= 11 is 0. The molecule has 0 atom stereocenters. The van der Waals surface area contributed by atoms with Crippen LogP contribution in [0.15, 0.2) is 18.7 Å². The van der Waals surface area contributed by atoms with Gasteiger partial charge in [0, 0.05) is 12.1 Å². The molecule has 0 unspecified atom stereocenters. The van der Waals surface area contributed by atoms with Gasteiger partial charge in [0.1, 0.15) is 6.33 Å². The highest BCUT2D eigenvalue weighted by molar-refractivity contribution is 5.90. The molecule has 0 radical (unpaired) electrons. The van der Waals surface area contributed by atoms with Gasteiger partial charge in [-0.2, -0.15) is 0 Å². The summed E-state index contributed by atoms with van der Waals surface area (Å²) in [5.74, 6) is 1.33. The van der Waals surface area contributed by atoms with Gasteiger partial charge in [-0.1, -0.05) is 32.1 Å². The number of nitrogens with zero attached hydrogens (tertiary/aromatic N) is 4. The Hall–Kier alpha value is -2.24. The predicted molar refractivity (Wildman–Crippen MR) is 93.1 cm³/mol. The molecule has 2 heterocycles. The summed E-state index contributed by atoms with van der Waals surface area (Å²) in [5, 5.41) is 2.89. The van der Waals surface area contributed by atoms with Gasteiger partial charge < -0.3 is 5.32 Å². The molecule has 2 aromatic rings. The van der Waals surface area contributed by atoms with Gasteiger partial charge in [-0.15, -0.1) is 0 Å². The van der Waals surface area contributed by atoms with E-state index < -0.39 is 0 Å². The van der Waals surface area contributed by atoms with Crippen LogP contribution in [-0.4, -0.2) is 25.4 Å². The molecule has 1 N–H and O–H groups in total. The molecule has 1 aliphatic rings. The van der Waals surface area contributed by atoms with Gasteiger partial charge in [-0.3, -0.25) is 9.36 Å². The lowest BCUT2D eigenvalue weighted by molar-refractivity contribution is -0.116. The van der Waals surface area contributed by atoms with E-state index in [2.05, 4.69) is 20.3 Å². The van der Waals surface area contributed by atoms with Crippen molar-refractivity contribution in [2.45, 2.75) is 58.8 Å². The Morgan fingerprint density at radius 3 is 2.50 bits per heavy atom. The maximum Gasteiger partial charge on any atom is 0.235 e. The standard InChI is InChI=1S/C18H25N5O/c1-13-14(2)23(12-21-13)18-19-10-16(11-20-18)22-17(24)9-8-15-6-4-3-5-7-15/h10-12,15H,3-9H2,1-2H3,(H,22,24). The minimum atomic E-state index is 0.0478. The summed E-state index contributed by atoms with van der Waals surface area (Å²) in [7, 11) is 0. The Labute approximate surface area is 142 Å². The lowest BCUT2D eigenvalue weighted by atomic mass is 9.86. The number of hydrogen-bond acceptors (Lipinski definition) is 4. The number of rotatable bonds is 5. The molecular formula is C18H25N5O. The maximum atomic E-state index is 12.1. The molecule has 1 amide bonds. The lowest BCUT2D eigenvalue weighted by Gasteiger charge is -2.20. The van der Waals surface area contributed by atoms with Crippen LogP contribution in [0.3, 0.4) is 0 Å². The van der Waals surface area contributed by atoms with Gasteiger partial charge in [0.2, 0.25) is 11.9 Å². The largest absolute Gasteiger partial charge is 0.323 e. The number of hydrogen-bond donors (Lipinski definition) is 1. The van der Waals surface area contributed by atoms with Crippen LogP contribution in [0.4, 0.5) is 5.69 Å². The minimum absolute atomic E-state index is 0.0478. The average molecular weight is 327 g/mol. The van der Waals surface area contributed by atoms with E-state index in [4.69, 9.17) is 0 Å². The van der Waals surface area contributed by atoms with E-state index in [9.17, 15) is 4.79 Å². The molecule has 0 aliphatic heterocycles. The zero-order valence-electron chi connectivity index (χ0n) is 14.5. The first kappa shape index (κ1) is 16.6. The van der Waals surface area contributed by atoms with Crippen molar-refractivity contribution in [2.75, 3.05) is 5.32 Å². The van der Waals surface area contributed by atoms with Crippen LogP contribution in [0.2, 0.25) is 0 Å². The quantitative estimate of drug-likeness (QED) is 0.911. The molecule has 0 aromatic carbocycles. The number of aromatic nitrogens is 4. The van der Waals surface area contributed by atoms with Gasteiger partial charge >= 0.3 is 0 Å². The molecule has 1 aliphatic carbocycles. The van der Waals surface area contributed by atoms with Gasteiger partial charge in [-0.25, -0.2) is 15.0 Å². The van der Waals surface area contributed by atoms with E-state index >= 15 is 0 Å². The first-order valence-electron chi connectivity index (χ1n) is 8.76. The van der Waals surface area contributed by atoms with Gasteiger partial charge in [0.25, 0.3) is 0 Å². The number of aryl methyl sites for hydroxylation is 1. The fourth-order valence-corrected chi connectivity index (χ4v) is 3.25. The Kier molecular flexibility index (Phi) is 5.23. The highest BCUT2D eigenvalue weighted by Gasteiger charge is 2.15. The number of anilines is 1. The topological polar surface area (TPSA) is 72.7 Å². The Morgan fingerprint density at radius 2 is 1.88 bits per heavy atom. The summed E-state index contributed by atoms with van der Waals surface area (Å²) in [6, 6.07) is 0. The summed E-state index contributed by atoms with van der Waals surface area (Å²) in [4.78, 5) is 25.0. The van der Waals surface area contributed by atoms with Crippen LogP contribution in [0.25, 0.3) is 5.95 Å². The first-order chi connectivity index (χ1) is 11.6. The van der Waals surface area contributed by atoms with Crippen LogP contribution in [0, 0.1) is 19.8 Å². The molecule has 6 heteroatoms. The van der Waals surface area contributed by atoms with E-state index in [0.717, 1.165) is 23.7 Å². The van der Waals surface area contributed by atoms with Gasteiger partial charge in [0.05, 0.1) is 23.8 Å². The van der Waals surface area contributed by atoms with E-state index in [0.29, 0.717) is 18.1 Å². The van der Waals surface area contributed by atoms with E-state index in [1.807, 2.05) is 18.4 Å². The third kappa shape index (κ3) is 3.99. The number of imidazole rings is 1. The highest BCUT2D eigenvalue weighted by atomic mass is 16.1. The second kappa shape index (κ2) is 7.55. The number of nitrogens with one attached hydrogen (secondary N) is 1. The fourth-order valence-electron chi connectivity index (χ4n) is 3.25. The molecule has 0 bridgehead atoms. The molecule has 1 fully saturated rings. The minimum Gasteiger partial charge on any atom is -0.323 e. The van der Waals surface area contributed by atoms with E-state index in [1.54, 1.807) is 18.7 Å². The zero-order chi connectivity index (χ0) is 16.9. The van der Waals surface area contributed by atoms with Crippen molar-refractivity contribution >= 4 is 11.6 Å². The van der Waals surface area contributed by atoms with Crippen molar-refractivity contribution in [3.05, 3.63) is 30.1 Å². The average Bonchev–Trinajstić information content (AvgIpc) is 2.94. The second-order valence-corrected chi connectivity index (χ2v) is 6.65. The van der Waals surface area contributed by atoms with Crippen molar-refractivity contribution in [2.24, 2.45) is 5.92 Å². The third-order valence-electron chi connectivity index (χ3n) is 4.89. The zero-order valence-corrected chi connectivity index (χ0v) is 14.5. The van der Waals surface area contributed by atoms with Crippen LogP contribution < -0.4 is 5.32 Å². The fraction of sp³-hybridized carbons (Fsp3) is 0.556. The third-order valence-corrected chi connectivity index (χ3v) is 4.89. The summed E-state index contributed by atoms with van der Waals surface area (Å²) < 4.78 is 1.84. The number of amides is 1. The van der Waals surface area contributed by atoms with Crippen LogP contribution >= 0.6 is 0 Å². The molecule has 3 rings (SSSR count). The summed E-state index contributed by atoms with van der Waals surface area (Å²) in [5.41, 5.74) is 2.61. The Bertz CT molecular complexity index is 686. The Balaban J connectivity index is 1.54. The summed E-state index contributed by atoms with van der Waals surface area (Å²) in [6.07, 6.45) is 13.1. The van der Waals surface area contributed by atoms with Crippen molar-refractivity contribution < 1.29 is 4.79 Å². The smallest absolute Gasteiger partial charge is 0.235 e. The van der Waals surface area contributed by atoms with Crippen LogP contribution in [0.1, 0.15) is 56.3 Å². The van der Waals surface area contributed by atoms with Crippen LogP contribution in [0.5, 0.6) is 0 Å². The normalized spacial score (nSPS) is 15.4. The maximum absolute atomic E-state index is 12.1. The van der Waals surface area contributed by atoms with Crippen molar-refractivity contribution in [1.29, 1.82) is 0 Å². The molecule has 6 nitrogen and oxygen atoms in total. The van der Waals surface area contributed by atoms with Gasteiger partial charge in [0.15, 0.2) is 0 Å². The predicted octanol–water partition coefficient (Wildman–Crippen LogP) is 3.58. The monoisotopic (exact) mass is 327 g/mol. The van der Waals surface area contributed by atoms with Crippen molar-refractivity contribution in [3.63, 3.8) is 0 Å². The van der Waals surface area contributed by atoms with E-state index in [-0.39, 0.29) is 5.91 Å². The molecular weight excluding hydrogens is 302 g/mol. The molecule has 0 saturated heterocycles. The number of carbonyl (C=O) groups is 1. The SMILES string of the molecule is Cc1ncn(-c2ncc(NC(=O)CCC3CCCCC3)cn2)c1C. The number of carbonyl (C=O) groups excluding carboxylic acids is 1. The highest BCUT2D eigenvalue weighted by Crippen LogP contribution is 2.27. The molecule has 2 aromatic heterocycles. The summed E-state index contributed by atoms with van der Waals surface area (Å²) in [6.45, 7) is 3.93. The molecule has 0 spiro atoms. The van der Waals surface area contributed by atoms with Crippen LogP contribution in [-0.2, 0) is 4.79 Å². The molecule has 1 saturated carbocycles. The van der Waals surface area contributed by atoms with Crippen molar-refractivity contribution in [3.8, 4) is 5.95 Å². The second-order valence-electron chi connectivity index (χ2n) is 6.65.